The molecule has 0 aromatic heterocycles. The molecular weight excluding hydrogens is 432 g/mol. The fourth-order valence-electron chi connectivity index (χ4n) is 2.44. The first-order chi connectivity index (χ1) is 16.6. The number of hydrogen-bond acceptors (Lipinski definition) is 6. The maximum absolute atomic E-state index is 10.9. The zero-order valence-corrected chi connectivity index (χ0v) is 18.9. The van der Waals surface area contributed by atoms with Gasteiger partial charge in [0, 0.05) is 36.1 Å². The molecule has 0 spiro atoms. The summed E-state index contributed by atoms with van der Waals surface area (Å²) in [6, 6.07) is 14.7. The summed E-state index contributed by atoms with van der Waals surface area (Å²) in [6.07, 6.45) is 3.45. The van der Waals surface area contributed by atoms with E-state index in [0.29, 0.717) is 37.6 Å². The van der Waals surface area contributed by atoms with Crippen LogP contribution in [0.5, 0.6) is 11.5 Å². The lowest BCUT2D eigenvalue weighted by molar-refractivity contribution is -0.138. The number of hydrogen-bond donors (Lipinski definition) is 0. The first-order valence-electron chi connectivity index (χ1n) is 10.7. The van der Waals surface area contributed by atoms with Crippen molar-refractivity contribution in [1.82, 2.24) is 0 Å². The van der Waals surface area contributed by atoms with E-state index < -0.39 is 11.9 Å². The summed E-state index contributed by atoms with van der Waals surface area (Å²) < 4.78 is 21.0. The van der Waals surface area contributed by atoms with Crippen LogP contribution in [-0.4, -0.2) is 38.4 Å². The average Bonchev–Trinajstić information content (AvgIpc) is 2.87. The van der Waals surface area contributed by atoms with Crippen LogP contribution in [-0.2, 0) is 19.1 Å². The molecule has 0 aliphatic heterocycles. The molecule has 6 heteroatoms. The van der Waals surface area contributed by atoms with E-state index in [1.165, 1.54) is 0 Å². The summed E-state index contributed by atoms with van der Waals surface area (Å²) in [5.74, 6) is 12.2. The maximum atomic E-state index is 10.9. The van der Waals surface area contributed by atoms with Gasteiger partial charge in [-0.3, -0.25) is 0 Å². The van der Waals surface area contributed by atoms with Crippen LogP contribution in [0.25, 0.3) is 0 Å². The van der Waals surface area contributed by atoms with Gasteiger partial charge < -0.3 is 18.9 Å². The summed E-state index contributed by atoms with van der Waals surface area (Å²) in [5.41, 5.74) is 1.65. The SMILES string of the molecule is C=CC(=O)OCCCOc1ccc(C#CC#Cc2ccc(OCCCOC(=O)C=C)cc2)cc1. The Morgan fingerprint density at radius 3 is 1.38 bits per heavy atom. The van der Waals surface area contributed by atoms with Crippen LogP contribution < -0.4 is 9.47 Å². The summed E-state index contributed by atoms with van der Waals surface area (Å²) >= 11 is 0. The van der Waals surface area contributed by atoms with Gasteiger partial charge >= 0.3 is 11.9 Å². The highest BCUT2D eigenvalue weighted by Gasteiger charge is 1.98. The van der Waals surface area contributed by atoms with E-state index in [1.807, 2.05) is 48.5 Å². The highest BCUT2D eigenvalue weighted by atomic mass is 16.5. The zero-order valence-electron chi connectivity index (χ0n) is 18.9. The van der Waals surface area contributed by atoms with Crippen molar-refractivity contribution in [2.75, 3.05) is 26.4 Å². The molecule has 0 amide bonds. The van der Waals surface area contributed by atoms with Crippen LogP contribution in [0, 0.1) is 23.7 Å². The minimum Gasteiger partial charge on any atom is -0.493 e. The van der Waals surface area contributed by atoms with E-state index in [0.717, 1.165) is 23.3 Å². The van der Waals surface area contributed by atoms with E-state index in [4.69, 9.17) is 18.9 Å². The number of benzene rings is 2. The molecule has 34 heavy (non-hydrogen) atoms. The second-order valence-electron chi connectivity index (χ2n) is 6.70. The van der Waals surface area contributed by atoms with Gasteiger partial charge in [0.2, 0.25) is 0 Å². The van der Waals surface area contributed by atoms with Crippen LogP contribution >= 0.6 is 0 Å². The number of rotatable bonds is 12. The Balaban J connectivity index is 1.71. The zero-order chi connectivity index (χ0) is 24.4. The van der Waals surface area contributed by atoms with E-state index >= 15 is 0 Å². The minimum absolute atomic E-state index is 0.290. The summed E-state index contributed by atoms with van der Waals surface area (Å²) in [6.45, 7) is 8.13. The largest absolute Gasteiger partial charge is 0.493 e. The molecule has 0 saturated heterocycles. The van der Waals surface area contributed by atoms with Crippen molar-refractivity contribution < 1.29 is 28.5 Å². The molecular formula is C28H26O6. The van der Waals surface area contributed by atoms with Gasteiger partial charge in [-0.25, -0.2) is 9.59 Å². The molecule has 0 N–H and O–H groups in total. The number of esters is 2. The Bertz CT molecular complexity index is 987. The third kappa shape index (κ3) is 10.7. The summed E-state index contributed by atoms with van der Waals surface area (Å²) in [5, 5.41) is 0. The maximum Gasteiger partial charge on any atom is 0.330 e. The van der Waals surface area contributed by atoms with Crippen molar-refractivity contribution in [3.63, 3.8) is 0 Å². The molecule has 0 aliphatic rings. The van der Waals surface area contributed by atoms with Gasteiger partial charge in [-0.1, -0.05) is 25.0 Å². The Kier molecular flexibility index (Phi) is 11.7. The Hall–Kier alpha value is -4.42. The molecule has 2 aromatic rings. The monoisotopic (exact) mass is 458 g/mol. The van der Waals surface area contributed by atoms with Crippen molar-refractivity contribution in [3.05, 3.63) is 85.0 Å². The predicted molar refractivity (Wildman–Crippen MR) is 129 cm³/mol. The Morgan fingerprint density at radius 2 is 1.03 bits per heavy atom. The predicted octanol–water partition coefficient (Wildman–Crippen LogP) is 4.09. The number of ether oxygens (including phenoxy) is 4. The molecule has 0 saturated carbocycles. The van der Waals surface area contributed by atoms with Crippen LogP contribution in [0.1, 0.15) is 24.0 Å². The molecule has 0 radical (unpaired) electrons. The van der Waals surface area contributed by atoms with Gasteiger partial charge in [0.25, 0.3) is 0 Å². The van der Waals surface area contributed by atoms with E-state index in [2.05, 4.69) is 36.8 Å². The van der Waals surface area contributed by atoms with Gasteiger partial charge in [-0.05, 0) is 60.4 Å². The van der Waals surface area contributed by atoms with E-state index in [1.54, 1.807) is 0 Å². The molecule has 2 aromatic carbocycles. The summed E-state index contributed by atoms with van der Waals surface area (Å²) in [7, 11) is 0. The molecule has 0 bridgehead atoms. The fourth-order valence-corrected chi connectivity index (χ4v) is 2.44. The fraction of sp³-hybridized carbons (Fsp3) is 0.214. The third-order valence-electron chi connectivity index (χ3n) is 4.12. The number of carbonyl (C=O) groups excluding carboxylic acids is 2. The Morgan fingerprint density at radius 1 is 0.647 bits per heavy atom. The second kappa shape index (κ2) is 15.4. The van der Waals surface area contributed by atoms with E-state index in [9.17, 15) is 9.59 Å². The van der Waals surface area contributed by atoms with Gasteiger partial charge in [0.1, 0.15) is 11.5 Å². The van der Waals surface area contributed by atoms with Crippen LogP contribution in [0.4, 0.5) is 0 Å². The van der Waals surface area contributed by atoms with Crippen LogP contribution in [0.2, 0.25) is 0 Å². The van der Waals surface area contributed by atoms with Gasteiger partial charge in [-0.2, -0.15) is 0 Å². The first-order valence-corrected chi connectivity index (χ1v) is 10.7. The highest BCUT2D eigenvalue weighted by molar-refractivity contribution is 5.81. The lowest BCUT2D eigenvalue weighted by atomic mass is 10.2. The van der Waals surface area contributed by atoms with Crippen molar-refractivity contribution in [1.29, 1.82) is 0 Å². The van der Waals surface area contributed by atoms with Crippen molar-refractivity contribution >= 4 is 11.9 Å². The molecule has 0 unspecified atom stereocenters. The van der Waals surface area contributed by atoms with Crippen molar-refractivity contribution in [3.8, 4) is 35.2 Å². The van der Waals surface area contributed by atoms with Gasteiger partial charge in [0.15, 0.2) is 0 Å². The molecule has 0 aliphatic carbocycles. The average molecular weight is 459 g/mol. The lowest BCUT2D eigenvalue weighted by Gasteiger charge is -2.06. The van der Waals surface area contributed by atoms with Gasteiger partial charge in [-0.15, -0.1) is 0 Å². The number of carbonyl (C=O) groups is 2. The summed E-state index contributed by atoms with van der Waals surface area (Å²) in [4.78, 5) is 21.9. The Labute approximate surface area is 200 Å². The van der Waals surface area contributed by atoms with Crippen molar-refractivity contribution in [2.45, 2.75) is 12.8 Å². The lowest BCUT2D eigenvalue weighted by Crippen LogP contribution is -2.06. The molecule has 0 fully saturated rings. The van der Waals surface area contributed by atoms with Crippen molar-refractivity contribution in [2.24, 2.45) is 0 Å². The van der Waals surface area contributed by atoms with Gasteiger partial charge in [0.05, 0.1) is 26.4 Å². The third-order valence-corrected chi connectivity index (χ3v) is 4.12. The molecule has 174 valence electrons. The molecule has 0 atom stereocenters. The topological polar surface area (TPSA) is 71.1 Å². The molecule has 2 rings (SSSR count). The standard InChI is InChI=1S/C28H26O6/c1-3-27(29)33-21-7-19-31-25-15-11-23(12-16-25)9-5-6-10-24-13-17-26(18-14-24)32-20-8-22-34-28(30)4-2/h3-4,11-18H,1-2,7-8,19-22H2. The van der Waals surface area contributed by atoms with Crippen LogP contribution in [0.15, 0.2) is 73.8 Å². The van der Waals surface area contributed by atoms with Crippen LogP contribution in [0.3, 0.4) is 0 Å². The smallest absolute Gasteiger partial charge is 0.330 e. The quantitative estimate of drug-likeness (QED) is 0.207. The second-order valence-corrected chi connectivity index (χ2v) is 6.70. The first kappa shape index (κ1) is 25.8. The van der Waals surface area contributed by atoms with E-state index in [-0.39, 0.29) is 13.2 Å². The normalized spacial score (nSPS) is 9.29. The molecule has 6 nitrogen and oxygen atoms in total. The highest BCUT2D eigenvalue weighted by Crippen LogP contribution is 2.13. The molecule has 0 heterocycles. The minimum atomic E-state index is -0.436.